The lowest BCUT2D eigenvalue weighted by Gasteiger charge is -2.36. The van der Waals surface area contributed by atoms with Crippen LogP contribution in [-0.2, 0) is 14.3 Å². The second-order valence-corrected chi connectivity index (χ2v) is 9.02. The molecule has 2 N–H and O–H groups in total. The maximum atomic E-state index is 13.5. The number of Topliss-reactive ketones (excluding diaryl/α,β-unsaturated/α-hetero) is 1. The van der Waals surface area contributed by atoms with Gasteiger partial charge in [0.1, 0.15) is 5.75 Å². The Labute approximate surface area is 188 Å². The molecule has 1 aliphatic carbocycles. The molecule has 0 saturated heterocycles. The highest BCUT2D eigenvalue weighted by molar-refractivity contribution is 6.04. The molecule has 4 rings (SSSR count). The number of carbonyl (C=O) groups excluding carboxylic acids is 2. The minimum absolute atomic E-state index is 0.0163. The summed E-state index contributed by atoms with van der Waals surface area (Å²) in [5, 5.41) is 13.5. The first-order valence-electron chi connectivity index (χ1n) is 11.1. The fraction of sp³-hybridized carbons (Fsp3) is 0.333. The molecule has 0 bridgehead atoms. The number of ether oxygens (including phenoxy) is 1. The Morgan fingerprint density at radius 1 is 1.09 bits per heavy atom. The fourth-order valence-electron chi connectivity index (χ4n) is 4.63. The lowest BCUT2D eigenvalue weighted by Crippen LogP contribution is -2.36. The number of hydrogen-bond acceptors (Lipinski definition) is 5. The number of phenols is 1. The van der Waals surface area contributed by atoms with Gasteiger partial charge in [-0.1, -0.05) is 56.3 Å². The van der Waals surface area contributed by atoms with Crippen molar-refractivity contribution in [3.8, 4) is 5.75 Å². The smallest absolute Gasteiger partial charge is 0.336 e. The van der Waals surface area contributed by atoms with Crippen molar-refractivity contribution in [1.29, 1.82) is 0 Å². The van der Waals surface area contributed by atoms with Gasteiger partial charge in [0.15, 0.2) is 5.78 Å². The van der Waals surface area contributed by atoms with Crippen LogP contribution in [0.25, 0.3) is 0 Å². The van der Waals surface area contributed by atoms with Gasteiger partial charge >= 0.3 is 5.97 Å². The molecule has 0 saturated carbocycles. The van der Waals surface area contributed by atoms with E-state index in [0.29, 0.717) is 41.9 Å². The summed E-state index contributed by atoms with van der Waals surface area (Å²) in [6.45, 7) is 6.12. The van der Waals surface area contributed by atoms with Crippen molar-refractivity contribution in [3.05, 3.63) is 88.3 Å². The first-order chi connectivity index (χ1) is 15.3. The zero-order valence-corrected chi connectivity index (χ0v) is 18.7. The van der Waals surface area contributed by atoms with Gasteiger partial charge in [0.2, 0.25) is 0 Å². The van der Waals surface area contributed by atoms with E-state index >= 15 is 0 Å². The molecule has 1 aliphatic heterocycles. The molecule has 2 aromatic carbocycles. The summed E-state index contributed by atoms with van der Waals surface area (Å²) < 4.78 is 5.57. The molecule has 0 amide bonds. The van der Waals surface area contributed by atoms with Crippen LogP contribution in [0.2, 0.25) is 0 Å². The van der Waals surface area contributed by atoms with E-state index in [1.165, 1.54) is 0 Å². The molecule has 0 aromatic heterocycles. The van der Waals surface area contributed by atoms with Crippen LogP contribution in [0.3, 0.4) is 0 Å². The van der Waals surface area contributed by atoms with Gasteiger partial charge in [-0.2, -0.15) is 0 Å². The van der Waals surface area contributed by atoms with Gasteiger partial charge in [-0.15, -0.1) is 0 Å². The molecule has 0 fully saturated rings. The van der Waals surface area contributed by atoms with E-state index in [1.54, 1.807) is 18.2 Å². The number of ketones is 1. The lowest BCUT2D eigenvalue weighted by atomic mass is 9.71. The number of aromatic hydroxyl groups is 1. The van der Waals surface area contributed by atoms with Crippen LogP contribution in [0.1, 0.15) is 56.6 Å². The third-order valence-electron chi connectivity index (χ3n) is 6.07. The number of benzene rings is 2. The monoisotopic (exact) mass is 431 g/mol. The summed E-state index contributed by atoms with van der Waals surface area (Å²) in [5.41, 5.74) is 4.41. The Morgan fingerprint density at radius 2 is 1.81 bits per heavy atom. The summed E-state index contributed by atoms with van der Waals surface area (Å²) in [7, 11) is 0. The van der Waals surface area contributed by atoms with Crippen molar-refractivity contribution in [2.75, 3.05) is 6.61 Å². The van der Waals surface area contributed by atoms with Gasteiger partial charge in [-0.25, -0.2) is 4.79 Å². The summed E-state index contributed by atoms with van der Waals surface area (Å²) >= 11 is 0. The molecule has 5 nitrogen and oxygen atoms in total. The van der Waals surface area contributed by atoms with E-state index in [1.807, 2.05) is 45.0 Å². The van der Waals surface area contributed by atoms with Crippen molar-refractivity contribution in [2.45, 2.75) is 45.4 Å². The van der Waals surface area contributed by atoms with Gasteiger partial charge in [0, 0.05) is 29.3 Å². The van der Waals surface area contributed by atoms with Crippen molar-refractivity contribution >= 4 is 11.8 Å². The summed E-state index contributed by atoms with van der Waals surface area (Å²) in [5.74, 6) is -0.595. The molecular formula is C27H29NO4. The quantitative estimate of drug-likeness (QED) is 0.655. The second kappa shape index (κ2) is 9.03. The molecule has 2 aromatic rings. The Balaban J connectivity index is 1.77. The minimum atomic E-state index is -0.567. The lowest BCUT2D eigenvalue weighted by molar-refractivity contribution is -0.140. The van der Waals surface area contributed by atoms with Gasteiger partial charge in [-0.05, 0) is 48.4 Å². The van der Waals surface area contributed by atoms with Crippen LogP contribution < -0.4 is 5.32 Å². The maximum Gasteiger partial charge on any atom is 0.336 e. The second-order valence-electron chi connectivity index (χ2n) is 9.02. The molecule has 1 heterocycles. The third-order valence-corrected chi connectivity index (χ3v) is 6.07. The molecule has 0 radical (unpaired) electrons. The number of hydrogen-bond donors (Lipinski definition) is 2. The Kier molecular flexibility index (Phi) is 6.17. The molecule has 0 unspecified atom stereocenters. The van der Waals surface area contributed by atoms with Crippen molar-refractivity contribution in [3.63, 3.8) is 0 Å². The van der Waals surface area contributed by atoms with Crippen LogP contribution in [0.15, 0.2) is 77.1 Å². The maximum absolute atomic E-state index is 13.5. The van der Waals surface area contributed by atoms with Gasteiger partial charge < -0.3 is 15.2 Å². The number of carbonyl (C=O) groups is 2. The van der Waals surface area contributed by atoms with Crippen LogP contribution >= 0.6 is 0 Å². The zero-order chi connectivity index (χ0) is 22.8. The zero-order valence-electron chi connectivity index (χ0n) is 18.7. The number of allylic oxidation sites excluding steroid dienone is 3. The molecule has 166 valence electrons. The number of dihydropyridines is 1. The number of phenolic OH excluding ortho intramolecular Hbond substituents is 1. The normalized spacial score (nSPS) is 20.8. The van der Waals surface area contributed by atoms with Crippen LogP contribution in [0.4, 0.5) is 0 Å². The van der Waals surface area contributed by atoms with Gasteiger partial charge in [0.25, 0.3) is 0 Å². The first kappa shape index (κ1) is 21.9. The molecule has 32 heavy (non-hydrogen) atoms. The third kappa shape index (κ3) is 4.33. The van der Waals surface area contributed by atoms with Gasteiger partial charge in [0.05, 0.1) is 12.2 Å². The van der Waals surface area contributed by atoms with E-state index in [2.05, 4.69) is 17.4 Å². The standard InChI is InChI=1S/C27H29NO4/c1-16(2)15-32-27(31)24-17(3)28-22-13-20(18-8-5-4-6-9-18)14-23(30)26(22)25(24)19-10-7-11-21(29)12-19/h4-12,16,20,25,28-29H,13-15H2,1-3H3/t20-,25+/m0/s1. The number of nitrogens with one attached hydrogen (secondary N) is 1. The highest BCUT2D eigenvalue weighted by atomic mass is 16.5. The Hall–Kier alpha value is -3.34. The first-order valence-corrected chi connectivity index (χ1v) is 11.1. The van der Waals surface area contributed by atoms with Crippen molar-refractivity contribution in [1.82, 2.24) is 5.32 Å². The average Bonchev–Trinajstić information content (AvgIpc) is 2.77. The van der Waals surface area contributed by atoms with Crippen LogP contribution in [0.5, 0.6) is 5.75 Å². The topological polar surface area (TPSA) is 75.6 Å². The van der Waals surface area contributed by atoms with E-state index in [0.717, 1.165) is 11.3 Å². The molecule has 2 atom stereocenters. The predicted octanol–water partition coefficient (Wildman–Crippen LogP) is 4.95. The average molecular weight is 432 g/mol. The fourth-order valence-corrected chi connectivity index (χ4v) is 4.63. The largest absolute Gasteiger partial charge is 0.508 e. The molecule has 2 aliphatic rings. The van der Waals surface area contributed by atoms with Crippen LogP contribution in [-0.4, -0.2) is 23.5 Å². The molecule has 5 heteroatoms. The van der Waals surface area contributed by atoms with E-state index in [4.69, 9.17) is 4.74 Å². The highest BCUT2D eigenvalue weighted by Gasteiger charge is 2.41. The summed E-state index contributed by atoms with van der Waals surface area (Å²) in [6.07, 6.45) is 1.07. The Morgan fingerprint density at radius 3 is 2.50 bits per heavy atom. The summed E-state index contributed by atoms with van der Waals surface area (Å²) in [6, 6.07) is 16.8. The SMILES string of the molecule is CC1=C(C(=O)OCC(C)C)[C@@H](c2cccc(O)c2)C2=C(C[C@H](c3ccccc3)CC2=O)N1. The highest BCUT2D eigenvalue weighted by Crippen LogP contribution is 2.46. The van der Waals surface area contributed by atoms with Crippen molar-refractivity contribution in [2.24, 2.45) is 5.92 Å². The summed E-state index contributed by atoms with van der Waals surface area (Å²) in [4.78, 5) is 26.6. The predicted molar refractivity (Wildman–Crippen MR) is 123 cm³/mol. The van der Waals surface area contributed by atoms with Crippen molar-refractivity contribution < 1.29 is 19.4 Å². The number of rotatable bonds is 5. The molecule has 0 spiro atoms. The Bertz CT molecular complexity index is 1100. The van der Waals surface area contributed by atoms with Crippen LogP contribution in [0, 0.1) is 5.92 Å². The minimum Gasteiger partial charge on any atom is -0.508 e. The van der Waals surface area contributed by atoms with E-state index in [-0.39, 0.29) is 23.4 Å². The van der Waals surface area contributed by atoms with E-state index < -0.39 is 11.9 Å². The van der Waals surface area contributed by atoms with E-state index in [9.17, 15) is 14.7 Å². The molecular weight excluding hydrogens is 402 g/mol. The number of esters is 1. The van der Waals surface area contributed by atoms with Gasteiger partial charge in [-0.3, -0.25) is 4.79 Å².